The van der Waals surface area contributed by atoms with Gasteiger partial charge in [-0.05, 0) is 50.2 Å². The number of para-hydroxylation sites is 1. The smallest absolute Gasteiger partial charge is 0.339 e. The van der Waals surface area contributed by atoms with Gasteiger partial charge < -0.3 is 10.1 Å². The van der Waals surface area contributed by atoms with Crippen LogP contribution in [0.2, 0.25) is 0 Å². The van der Waals surface area contributed by atoms with Crippen molar-refractivity contribution >= 4 is 28.8 Å². The molecule has 1 aromatic heterocycles. The van der Waals surface area contributed by atoms with Gasteiger partial charge in [0.2, 0.25) is 0 Å². The van der Waals surface area contributed by atoms with Gasteiger partial charge in [0.1, 0.15) is 0 Å². The summed E-state index contributed by atoms with van der Waals surface area (Å²) in [5, 5.41) is 5.74. The zero-order valence-electron chi connectivity index (χ0n) is 16.3. The van der Waals surface area contributed by atoms with E-state index >= 15 is 0 Å². The van der Waals surface area contributed by atoms with E-state index in [0.717, 1.165) is 73.5 Å². The summed E-state index contributed by atoms with van der Waals surface area (Å²) < 4.78 is 5.28. The van der Waals surface area contributed by atoms with E-state index in [1.807, 2.05) is 24.3 Å². The van der Waals surface area contributed by atoms with Gasteiger partial charge in [-0.1, -0.05) is 31.0 Å². The highest BCUT2D eigenvalue weighted by atomic mass is 16.5. The number of aromatic nitrogens is 1. The second kappa shape index (κ2) is 8.59. The molecule has 7 heteroatoms. The van der Waals surface area contributed by atoms with Crippen LogP contribution in [0.15, 0.2) is 24.3 Å². The molecule has 1 saturated carbocycles. The van der Waals surface area contributed by atoms with E-state index in [4.69, 9.17) is 9.72 Å². The molecule has 1 aromatic carbocycles. The summed E-state index contributed by atoms with van der Waals surface area (Å²) in [4.78, 5) is 41.5. The number of hydrogen-bond acceptors (Lipinski definition) is 5. The monoisotopic (exact) mass is 395 g/mol. The number of fused-ring (bicyclic) bond motifs is 2. The van der Waals surface area contributed by atoms with Crippen molar-refractivity contribution in [2.75, 3.05) is 6.61 Å². The summed E-state index contributed by atoms with van der Waals surface area (Å²) in [5.41, 5.74) is 3.09. The van der Waals surface area contributed by atoms with Crippen LogP contribution < -0.4 is 10.6 Å². The van der Waals surface area contributed by atoms with E-state index < -0.39 is 24.5 Å². The van der Waals surface area contributed by atoms with E-state index in [0.29, 0.717) is 5.56 Å². The molecule has 0 aliphatic heterocycles. The minimum Gasteiger partial charge on any atom is -0.452 e. The number of hydrogen-bond donors (Lipinski definition) is 2. The number of imide groups is 1. The molecule has 2 N–H and O–H groups in total. The molecule has 0 spiro atoms. The molecule has 0 radical (unpaired) electrons. The number of carbonyl (C=O) groups excluding carboxylic acids is 3. The summed E-state index contributed by atoms with van der Waals surface area (Å²) in [6.07, 6.45) is 7.67. The fourth-order valence-corrected chi connectivity index (χ4v) is 4.26. The number of ether oxygens (including phenoxy) is 1. The molecule has 2 aliphatic rings. The van der Waals surface area contributed by atoms with Crippen molar-refractivity contribution in [3.63, 3.8) is 0 Å². The molecule has 0 unspecified atom stereocenters. The topological polar surface area (TPSA) is 97.4 Å². The van der Waals surface area contributed by atoms with Crippen LogP contribution in [0.25, 0.3) is 10.9 Å². The van der Waals surface area contributed by atoms with Gasteiger partial charge in [-0.3, -0.25) is 15.1 Å². The quantitative estimate of drug-likeness (QED) is 0.776. The van der Waals surface area contributed by atoms with Crippen molar-refractivity contribution in [2.45, 2.75) is 57.4 Å². The maximum Gasteiger partial charge on any atom is 0.339 e. The number of pyridine rings is 1. The van der Waals surface area contributed by atoms with Crippen LogP contribution in [-0.2, 0) is 22.4 Å². The standard InChI is InChI=1S/C22H25N3O4/c26-19(25-22(28)23-14-7-1-2-8-14)13-29-21(27)20-15-9-3-5-11-17(15)24-18-12-6-4-10-16(18)20/h3,5,9,11,14H,1-2,4,6-8,10,12-13H2,(H2,23,25,26,28). The van der Waals surface area contributed by atoms with Crippen LogP contribution >= 0.6 is 0 Å². The van der Waals surface area contributed by atoms with E-state index in [-0.39, 0.29) is 6.04 Å². The van der Waals surface area contributed by atoms with Crippen molar-refractivity contribution in [1.29, 1.82) is 0 Å². The molecular weight excluding hydrogens is 370 g/mol. The van der Waals surface area contributed by atoms with Gasteiger partial charge in [-0.25, -0.2) is 9.59 Å². The molecule has 0 saturated heterocycles. The third kappa shape index (κ3) is 4.39. The van der Waals surface area contributed by atoms with Crippen LogP contribution in [-0.4, -0.2) is 35.5 Å². The summed E-state index contributed by atoms with van der Waals surface area (Å²) in [7, 11) is 0. The molecule has 29 heavy (non-hydrogen) atoms. The second-order valence-electron chi connectivity index (χ2n) is 7.72. The lowest BCUT2D eigenvalue weighted by atomic mass is 9.90. The van der Waals surface area contributed by atoms with E-state index in [9.17, 15) is 14.4 Å². The Morgan fingerprint density at radius 1 is 1.03 bits per heavy atom. The lowest BCUT2D eigenvalue weighted by Crippen LogP contribution is -2.45. The molecule has 0 atom stereocenters. The minimum absolute atomic E-state index is 0.111. The molecule has 1 heterocycles. The third-order valence-corrected chi connectivity index (χ3v) is 5.65. The largest absolute Gasteiger partial charge is 0.452 e. The summed E-state index contributed by atoms with van der Waals surface area (Å²) >= 11 is 0. The highest BCUT2D eigenvalue weighted by Gasteiger charge is 2.24. The van der Waals surface area contributed by atoms with Crippen molar-refractivity contribution in [3.05, 3.63) is 41.1 Å². The van der Waals surface area contributed by atoms with E-state index in [1.165, 1.54) is 0 Å². The molecule has 0 bridgehead atoms. The summed E-state index contributed by atoms with van der Waals surface area (Å²) in [5.74, 6) is -1.19. The SMILES string of the molecule is O=C(COC(=O)c1c2c(nc3ccccc13)CCCC2)NC(=O)NC1CCCC1. The van der Waals surface area contributed by atoms with E-state index in [2.05, 4.69) is 10.6 Å². The van der Waals surface area contributed by atoms with Crippen molar-refractivity contribution in [3.8, 4) is 0 Å². The van der Waals surface area contributed by atoms with Crippen LogP contribution in [0, 0.1) is 0 Å². The highest BCUT2D eigenvalue weighted by molar-refractivity contribution is 6.06. The molecule has 2 aromatic rings. The predicted octanol–water partition coefficient (Wildman–Crippen LogP) is 3.04. The summed E-state index contributed by atoms with van der Waals surface area (Å²) in [6, 6.07) is 7.04. The second-order valence-corrected chi connectivity index (χ2v) is 7.72. The number of rotatable bonds is 4. The van der Waals surface area contributed by atoms with Gasteiger partial charge in [0.15, 0.2) is 6.61 Å². The summed E-state index contributed by atoms with van der Waals surface area (Å²) in [6.45, 7) is -0.498. The third-order valence-electron chi connectivity index (χ3n) is 5.65. The van der Waals surface area contributed by atoms with Crippen molar-refractivity contribution in [1.82, 2.24) is 15.6 Å². The average molecular weight is 395 g/mol. The minimum atomic E-state index is -0.638. The van der Waals surface area contributed by atoms with Crippen LogP contribution in [0.5, 0.6) is 0 Å². The number of benzene rings is 1. The van der Waals surface area contributed by atoms with E-state index in [1.54, 1.807) is 0 Å². The molecule has 7 nitrogen and oxygen atoms in total. The lowest BCUT2D eigenvalue weighted by Gasteiger charge is -2.20. The Morgan fingerprint density at radius 3 is 2.62 bits per heavy atom. The van der Waals surface area contributed by atoms with Crippen LogP contribution in [0.3, 0.4) is 0 Å². The zero-order chi connectivity index (χ0) is 20.2. The zero-order valence-corrected chi connectivity index (χ0v) is 16.3. The lowest BCUT2D eigenvalue weighted by molar-refractivity contribution is -0.123. The predicted molar refractivity (Wildman–Crippen MR) is 108 cm³/mol. The van der Waals surface area contributed by atoms with Crippen LogP contribution in [0.1, 0.15) is 60.1 Å². The fourth-order valence-electron chi connectivity index (χ4n) is 4.26. The Kier molecular flexibility index (Phi) is 5.74. The number of urea groups is 1. The highest BCUT2D eigenvalue weighted by Crippen LogP contribution is 2.29. The Morgan fingerprint density at radius 2 is 1.79 bits per heavy atom. The first-order valence-electron chi connectivity index (χ1n) is 10.3. The number of aryl methyl sites for hydroxylation is 1. The normalized spacial score (nSPS) is 16.3. The van der Waals surface area contributed by atoms with Gasteiger partial charge in [0.05, 0.1) is 11.1 Å². The molecule has 1 fully saturated rings. The number of esters is 1. The first-order chi connectivity index (χ1) is 14.1. The first kappa shape index (κ1) is 19.4. The average Bonchev–Trinajstić information content (AvgIpc) is 3.23. The molecule has 3 amide bonds. The number of nitrogens with one attached hydrogen (secondary N) is 2. The molecule has 4 rings (SSSR count). The van der Waals surface area contributed by atoms with Crippen LogP contribution in [0.4, 0.5) is 4.79 Å². The van der Waals surface area contributed by atoms with Crippen molar-refractivity contribution in [2.24, 2.45) is 0 Å². The van der Waals surface area contributed by atoms with Gasteiger partial charge in [-0.15, -0.1) is 0 Å². The maximum absolute atomic E-state index is 12.9. The van der Waals surface area contributed by atoms with Gasteiger partial charge >= 0.3 is 12.0 Å². The Hall–Kier alpha value is -2.96. The van der Waals surface area contributed by atoms with Crippen molar-refractivity contribution < 1.29 is 19.1 Å². The Bertz CT molecular complexity index is 950. The maximum atomic E-state index is 12.9. The Labute approximate surface area is 169 Å². The van der Waals surface area contributed by atoms with Gasteiger partial charge in [-0.2, -0.15) is 0 Å². The Balaban J connectivity index is 1.43. The molecule has 2 aliphatic carbocycles. The first-order valence-corrected chi connectivity index (χ1v) is 10.3. The van der Waals surface area contributed by atoms with Gasteiger partial charge in [0, 0.05) is 17.1 Å². The molecule has 152 valence electrons. The number of carbonyl (C=O) groups is 3. The number of nitrogens with zero attached hydrogens (tertiary/aromatic N) is 1. The molecular formula is C22H25N3O4. The fraction of sp³-hybridized carbons (Fsp3) is 0.455. The number of amides is 3. The van der Waals surface area contributed by atoms with Gasteiger partial charge in [0.25, 0.3) is 5.91 Å².